The maximum atomic E-state index is 10.6. The molecule has 2 atom stereocenters. The zero-order valence-electron chi connectivity index (χ0n) is 11.9. The van der Waals surface area contributed by atoms with Gasteiger partial charge in [-0.2, -0.15) is 0 Å². The summed E-state index contributed by atoms with van der Waals surface area (Å²) in [5, 5.41) is 10.6. The third-order valence-electron chi connectivity index (χ3n) is 3.64. The number of rotatable bonds is 5. The van der Waals surface area contributed by atoms with E-state index in [1.165, 1.54) is 0 Å². The quantitative estimate of drug-likeness (QED) is 0.879. The first-order valence-electron chi connectivity index (χ1n) is 6.75. The molecule has 2 aromatic carbocycles. The molecule has 0 fully saturated rings. The van der Waals surface area contributed by atoms with Gasteiger partial charge in [0, 0.05) is 12.5 Å². The van der Waals surface area contributed by atoms with E-state index < -0.39 is 6.10 Å². The lowest BCUT2D eigenvalue weighted by atomic mass is 9.89. The fourth-order valence-electron chi connectivity index (χ4n) is 2.40. The van der Waals surface area contributed by atoms with Gasteiger partial charge in [-0.3, -0.25) is 0 Å². The molecule has 0 aliphatic rings. The summed E-state index contributed by atoms with van der Waals surface area (Å²) in [6, 6.07) is 15.6. The SMILES string of the molecule is COc1cc(C(O)C(CN)c2ccccc2)ccc1C. The molecule has 106 valence electrons. The van der Waals surface area contributed by atoms with E-state index in [0.29, 0.717) is 6.54 Å². The normalized spacial score (nSPS) is 13.8. The molecule has 0 amide bonds. The van der Waals surface area contributed by atoms with Crippen LogP contribution in [-0.2, 0) is 0 Å². The number of ether oxygens (including phenoxy) is 1. The van der Waals surface area contributed by atoms with Crippen molar-refractivity contribution in [3.05, 3.63) is 65.2 Å². The number of methoxy groups -OCH3 is 1. The maximum Gasteiger partial charge on any atom is 0.122 e. The van der Waals surface area contributed by atoms with Gasteiger partial charge in [-0.05, 0) is 29.7 Å². The molecule has 2 rings (SSSR count). The Morgan fingerprint density at radius 1 is 1.10 bits per heavy atom. The Morgan fingerprint density at radius 3 is 2.40 bits per heavy atom. The molecule has 0 radical (unpaired) electrons. The Balaban J connectivity index is 2.31. The van der Waals surface area contributed by atoms with Crippen molar-refractivity contribution in [2.75, 3.05) is 13.7 Å². The highest BCUT2D eigenvalue weighted by Gasteiger charge is 2.22. The molecule has 0 aliphatic carbocycles. The van der Waals surface area contributed by atoms with Crippen LogP contribution in [0.1, 0.15) is 28.7 Å². The first kappa shape index (κ1) is 14.6. The van der Waals surface area contributed by atoms with Crippen LogP contribution in [0.3, 0.4) is 0 Å². The summed E-state index contributed by atoms with van der Waals surface area (Å²) in [5.41, 5.74) is 8.77. The average molecular weight is 271 g/mol. The fourth-order valence-corrected chi connectivity index (χ4v) is 2.40. The van der Waals surface area contributed by atoms with Crippen LogP contribution in [0.4, 0.5) is 0 Å². The summed E-state index contributed by atoms with van der Waals surface area (Å²) in [7, 11) is 1.64. The molecule has 3 N–H and O–H groups in total. The van der Waals surface area contributed by atoms with Crippen LogP contribution in [0.5, 0.6) is 5.75 Å². The minimum atomic E-state index is -0.642. The summed E-state index contributed by atoms with van der Waals surface area (Å²) < 4.78 is 5.31. The van der Waals surface area contributed by atoms with E-state index in [2.05, 4.69) is 0 Å². The lowest BCUT2D eigenvalue weighted by Crippen LogP contribution is -2.20. The van der Waals surface area contributed by atoms with Crippen molar-refractivity contribution in [2.45, 2.75) is 18.9 Å². The zero-order valence-corrected chi connectivity index (χ0v) is 11.9. The number of aryl methyl sites for hydroxylation is 1. The van der Waals surface area contributed by atoms with Gasteiger partial charge in [-0.15, -0.1) is 0 Å². The number of aliphatic hydroxyl groups is 1. The van der Waals surface area contributed by atoms with Crippen LogP contribution in [0, 0.1) is 6.92 Å². The second-order valence-corrected chi connectivity index (χ2v) is 4.93. The Labute approximate surface area is 120 Å². The molecule has 0 saturated carbocycles. The van der Waals surface area contributed by atoms with Crippen LogP contribution < -0.4 is 10.5 Å². The van der Waals surface area contributed by atoms with Crippen molar-refractivity contribution in [1.82, 2.24) is 0 Å². The third kappa shape index (κ3) is 3.00. The number of aliphatic hydroxyl groups excluding tert-OH is 1. The van der Waals surface area contributed by atoms with Crippen LogP contribution >= 0.6 is 0 Å². The van der Waals surface area contributed by atoms with Crippen LogP contribution in [0.25, 0.3) is 0 Å². The van der Waals surface area contributed by atoms with E-state index in [-0.39, 0.29) is 5.92 Å². The number of hydrogen-bond donors (Lipinski definition) is 2. The smallest absolute Gasteiger partial charge is 0.122 e. The summed E-state index contributed by atoms with van der Waals surface area (Å²) in [6.07, 6.45) is -0.642. The molecular formula is C17H21NO2. The summed E-state index contributed by atoms with van der Waals surface area (Å²) >= 11 is 0. The first-order chi connectivity index (χ1) is 9.67. The first-order valence-corrected chi connectivity index (χ1v) is 6.75. The largest absolute Gasteiger partial charge is 0.496 e. The van der Waals surface area contributed by atoms with Crippen LogP contribution in [0.2, 0.25) is 0 Å². The van der Waals surface area contributed by atoms with Gasteiger partial charge in [0.15, 0.2) is 0 Å². The van der Waals surface area contributed by atoms with Crippen molar-refractivity contribution in [3.8, 4) is 5.75 Å². The van der Waals surface area contributed by atoms with Gasteiger partial charge in [0.25, 0.3) is 0 Å². The molecule has 0 spiro atoms. The minimum Gasteiger partial charge on any atom is -0.496 e. The monoisotopic (exact) mass is 271 g/mol. The van der Waals surface area contributed by atoms with Gasteiger partial charge in [0.2, 0.25) is 0 Å². The molecule has 0 aromatic heterocycles. The second-order valence-electron chi connectivity index (χ2n) is 4.93. The Kier molecular flexibility index (Phi) is 4.77. The number of hydrogen-bond acceptors (Lipinski definition) is 3. The highest BCUT2D eigenvalue weighted by atomic mass is 16.5. The molecule has 0 bridgehead atoms. The maximum absolute atomic E-state index is 10.6. The van der Waals surface area contributed by atoms with Gasteiger partial charge in [-0.1, -0.05) is 42.5 Å². The van der Waals surface area contributed by atoms with Crippen molar-refractivity contribution < 1.29 is 9.84 Å². The molecule has 0 saturated heterocycles. The van der Waals surface area contributed by atoms with E-state index in [1.807, 2.05) is 55.5 Å². The van der Waals surface area contributed by atoms with Crippen molar-refractivity contribution in [3.63, 3.8) is 0 Å². The molecule has 2 aromatic rings. The van der Waals surface area contributed by atoms with Gasteiger partial charge >= 0.3 is 0 Å². The molecule has 3 heteroatoms. The standard InChI is InChI=1S/C17H21NO2/c1-12-8-9-14(10-16(12)20-2)17(19)15(11-18)13-6-4-3-5-7-13/h3-10,15,17,19H,11,18H2,1-2H3. The van der Waals surface area contributed by atoms with Crippen LogP contribution in [-0.4, -0.2) is 18.8 Å². The van der Waals surface area contributed by atoms with E-state index >= 15 is 0 Å². The van der Waals surface area contributed by atoms with Crippen molar-refractivity contribution in [2.24, 2.45) is 5.73 Å². The predicted molar refractivity (Wildman–Crippen MR) is 80.9 cm³/mol. The van der Waals surface area contributed by atoms with Gasteiger partial charge < -0.3 is 15.6 Å². The molecule has 2 unspecified atom stereocenters. The molecule has 0 aliphatic heterocycles. The molecule has 0 heterocycles. The average Bonchev–Trinajstić information content (AvgIpc) is 2.49. The minimum absolute atomic E-state index is 0.122. The molecule has 3 nitrogen and oxygen atoms in total. The Bertz CT molecular complexity index is 554. The lowest BCUT2D eigenvalue weighted by Gasteiger charge is -2.23. The van der Waals surface area contributed by atoms with Crippen molar-refractivity contribution in [1.29, 1.82) is 0 Å². The topological polar surface area (TPSA) is 55.5 Å². The van der Waals surface area contributed by atoms with Crippen molar-refractivity contribution >= 4 is 0 Å². The number of nitrogens with two attached hydrogens (primary N) is 1. The summed E-state index contributed by atoms with van der Waals surface area (Å²) in [4.78, 5) is 0. The second kappa shape index (κ2) is 6.55. The Hall–Kier alpha value is -1.84. The highest BCUT2D eigenvalue weighted by Crippen LogP contribution is 2.32. The Morgan fingerprint density at radius 2 is 1.80 bits per heavy atom. The predicted octanol–water partition coefficient (Wildman–Crippen LogP) is 2.78. The van der Waals surface area contributed by atoms with E-state index in [0.717, 1.165) is 22.4 Å². The van der Waals surface area contributed by atoms with E-state index in [1.54, 1.807) is 7.11 Å². The van der Waals surface area contributed by atoms with Crippen LogP contribution in [0.15, 0.2) is 48.5 Å². The molecule has 20 heavy (non-hydrogen) atoms. The summed E-state index contributed by atoms with van der Waals surface area (Å²) in [6.45, 7) is 2.37. The lowest BCUT2D eigenvalue weighted by molar-refractivity contribution is 0.147. The highest BCUT2D eigenvalue weighted by molar-refractivity contribution is 5.38. The zero-order chi connectivity index (χ0) is 14.5. The van der Waals surface area contributed by atoms with Gasteiger partial charge in [-0.25, -0.2) is 0 Å². The summed E-state index contributed by atoms with van der Waals surface area (Å²) in [5.74, 6) is 0.661. The van der Waals surface area contributed by atoms with Gasteiger partial charge in [0.05, 0.1) is 13.2 Å². The molecular weight excluding hydrogens is 250 g/mol. The van der Waals surface area contributed by atoms with E-state index in [9.17, 15) is 5.11 Å². The van der Waals surface area contributed by atoms with E-state index in [4.69, 9.17) is 10.5 Å². The number of benzene rings is 2. The van der Waals surface area contributed by atoms with Gasteiger partial charge in [0.1, 0.15) is 5.75 Å². The fraction of sp³-hybridized carbons (Fsp3) is 0.294. The third-order valence-corrected chi connectivity index (χ3v) is 3.64.